The molecule has 31 heavy (non-hydrogen) atoms. The summed E-state index contributed by atoms with van der Waals surface area (Å²) in [6, 6.07) is 15.7. The third-order valence-electron chi connectivity index (χ3n) is 5.00. The summed E-state index contributed by atoms with van der Waals surface area (Å²) in [5.74, 6) is -0.607. The number of carbonyl (C=O) groups excluding carboxylic acids is 1. The van der Waals surface area contributed by atoms with Gasteiger partial charge in [0.05, 0.1) is 18.0 Å². The molecule has 0 spiro atoms. The number of rotatable bonds is 6. The van der Waals surface area contributed by atoms with Crippen LogP contribution in [0, 0.1) is 5.82 Å². The van der Waals surface area contributed by atoms with E-state index in [1.54, 1.807) is 29.2 Å². The largest absolute Gasteiger partial charge is 0.370 e. The molecular weight excluding hydrogens is 439 g/mol. The molecule has 1 unspecified atom stereocenters. The van der Waals surface area contributed by atoms with Crippen LogP contribution in [-0.2, 0) is 21.3 Å². The van der Waals surface area contributed by atoms with Crippen molar-refractivity contribution < 1.29 is 22.3 Å². The fourth-order valence-electron chi connectivity index (χ4n) is 3.35. The molecule has 6 nitrogen and oxygen atoms in total. The van der Waals surface area contributed by atoms with Crippen molar-refractivity contribution in [3.05, 3.63) is 87.9 Å². The average molecular weight is 461 g/mol. The third-order valence-corrected chi connectivity index (χ3v) is 7.28. The van der Waals surface area contributed by atoms with Gasteiger partial charge in [-0.2, -0.15) is 0 Å². The summed E-state index contributed by atoms with van der Waals surface area (Å²) < 4.78 is 46.8. The first-order valence-corrected chi connectivity index (χ1v) is 12.1. The molecule has 0 radical (unpaired) electrons. The molecule has 0 saturated carbocycles. The maximum absolute atomic E-state index is 13.2. The fourth-order valence-corrected chi connectivity index (χ4v) is 5.14. The van der Waals surface area contributed by atoms with Gasteiger partial charge in [-0.1, -0.05) is 24.3 Å². The Morgan fingerprint density at radius 3 is 2.71 bits per heavy atom. The zero-order valence-electron chi connectivity index (χ0n) is 16.5. The highest BCUT2D eigenvalue weighted by Gasteiger charge is 2.27. The van der Waals surface area contributed by atoms with Crippen molar-refractivity contribution >= 4 is 27.3 Å². The van der Waals surface area contributed by atoms with E-state index in [1.165, 1.54) is 35.6 Å². The lowest BCUT2D eigenvalue weighted by molar-refractivity contribution is -0.0228. The first-order chi connectivity index (χ1) is 14.9. The van der Waals surface area contributed by atoms with E-state index in [2.05, 4.69) is 4.72 Å². The number of nitrogens with one attached hydrogen (secondary N) is 1. The van der Waals surface area contributed by atoms with Crippen LogP contribution in [0.1, 0.15) is 26.9 Å². The number of benzene rings is 2. The van der Waals surface area contributed by atoms with Crippen LogP contribution in [0.25, 0.3) is 0 Å². The molecule has 2 aromatic carbocycles. The number of ether oxygens (including phenoxy) is 1. The number of hydrogen-bond acceptors (Lipinski definition) is 5. The number of halogens is 1. The predicted octanol–water partition coefficient (Wildman–Crippen LogP) is 3.58. The van der Waals surface area contributed by atoms with Gasteiger partial charge >= 0.3 is 0 Å². The van der Waals surface area contributed by atoms with Gasteiger partial charge in [0.1, 0.15) is 11.9 Å². The van der Waals surface area contributed by atoms with Gasteiger partial charge in [0.15, 0.2) is 0 Å². The second-order valence-corrected chi connectivity index (χ2v) is 9.89. The van der Waals surface area contributed by atoms with Crippen LogP contribution in [-0.4, -0.2) is 38.9 Å². The van der Waals surface area contributed by atoms with Crippen molar-refractivity contribution in [1.29, 1.82) is 0 Å². The lowest BCUT2D eigenvalue weighted by atomic mass is 10.1. The Morgan fingerprint density at radius 2 is 1.97 bits per heavy atom. The molecule has 3 aromatic rings. The quantitative estimate of drug-likeness (QED) is 0.610. The van der Waals surface area contributed by atoms with Crippen molar-refractivity contribution in [3.8, 4) is 0 Å². The Hall–Kier alpha value is -2.59. The average Bonchev–Trinajstić information content (AvgIpc) is 3.32. The van der Waals surface area contributed by atoms with Crippen molar-refractivity contribution in [1.82, 2.24) is 9.62 Å². The number of nitrogens with zero attached hydrogens (tertiary/aromatic N) is 1. The zero-order chi connectivity index (χ0) is 21.8. The maximum Gasteiger partial charge on any atom is 0.254 e. The van der Waals surface area contributed by atoms with Gasteiger partial charge in [0.25, 0.3) is 5.91 Å². The predicted molar refractivity (Wildman–Crippen MR) is 116 cm³/mol. The summed E-state index contributed by atoms with van der Waals surface area (Å²) >= 11 is 1.46. The number of hydrogen-bond donors (Lipinski definition) is 1. The van der Waals surface area contributed by atoms with Gasteiger partial charge in [-0.25, -0.2) is 17.5 Å². The summed E-state index contributed by atoms with van der Waals surface area (Å²) in [4.78, 5) is 15.6. The summed E-state index contributed by atoms with van der Waals surface area (Å²) in [6.45, 7) is 1.23. The minimum absolute atomic E-state index is 0.0400. The number of sulfonamides is 1. The van der Waals surface area contributed by atoms with Crippen molar-refractivity contribution in [2.75, 3.05) is 19.7 Å². The monoisotopic (exact) mass is 460 g/mol. The van der Waals surface area contributed by atoms with Gasteiger partial charge in [-0.05, 0) is 47.3 Å². The van der Waals surface area contributed by atoms with Crippen LogP contribution in [0.2, 0.25) is 0 Å². The molecule has 0 bridgehead atoms. The summed E-state index contributed by atoms with van der Waals surface area (Å²) in [7, 11) is -3.76. The van der Waals surface area contributed by atoms with Crippen LogP contribution < -0.4 is 4.72 Å². The van der Waals surface area contributed by atoms with Crippen LogP contribution in [0.5, 0.6) is 0 Å². The number of thiophene rings is 1. The summed E-state index contributed by atoms with van der Waals surface area (Å²) in [6.07, 6.45) is -0.363. The Bertz CT molecular complexity index is 1150. The molecule has 1 fully saturated rings. The molecule has 4 rings (SSSR count). The van der Waals surface area contributed by atoms with E-state index < -0.39 is 10.0 Å². The molecule has 1 aromatic heterocycles. The minimum Gasteiger partial charge on any atom is -0.370 e. The van der Waals surface area contributed by atoms with Gasteiger partial charge < -0.3 is 9.64 Å². The van der Waals surface area contributed by atoms with Crippen LogP contribution in [0.3, 0.4) is 0 Å². The second-order valence-electron chi connectivity index (χ2n) is 7.09. The van der Waals surface area contributed by atoms with Gasteiger partial charge in [0, 0.05) is 23.5 Å². The number of carbonyl (C=O) groups is 1. The molecule has 0 aliphatic carbocycles. The number of amides is 1. The lowest BCUT2D eigenvalue weighted by Gasteiger charge is -2.33. The van der Waals surface area contributed by atoms with Crippen molar-refractivity contribution in [2.45, 2.75) is 17.5 Å². The highest BCUT2D eigenvalue weighted by Crippen LogP contribution is 2.24. The second kappa shape index (κ2) is 9.27. The summed E-state index contributed by atoms with van der Waals surface area (Å²) in [5, 5.41) is 1.88. The van der Waals surface area contributed by atoms with Crippen LogP contribution in [0.4, 0.5) is 4.39 Å². The molecule has 1 aliphatic rings. The van der Waals surface area contributed by atoms with Crippen LogP contribution >= 0.6 is 11.3 Å². The topological polar surface area (TPSA) is 75.7 Å². The minimum atomic E-state index is -3.76. The highest BCUT2D eigenvalue weighted by molar-refractivity contribution is 7.89. The molecule has 2 heterocycles. The molecular formula is C22H21FN2O4S2. The molecule has 1 aliphatic heterocycles. The van der Waals surface area contributed by atoms with Crippen molar-refractivity contribution in [2.24, 2.45) is 0 Å². The first kappa shape index (κ1) is 21.6. The van der Waals surface area contributed by atoms with E-state index in [0.717, 1.165) is 10.4 Å². The van der Waals surface area contributed by atoms with Crippen molar-refractivity contribution in [3.63, 3.8) is 0 Å². The Kier molecular flexibility index (Phi) is 6.47. The maximum atomic E-state index is 13.2. The highest BCUT2D eigenvalue weighted by atomic mass is 32.2. The Balaban J connectivity index is 1.47. The molecule has 1 amide bonds. The normalized spacial score (nSPS) is 16.9. The SMILES string of the molecule is O=C(c1cccc(S(=O)(=O)NCc2cccs2)c1)N1CCOC(c2ccc(F)cc2)C1. The molecule has 162 valence electrons. The standard InChI is InChI=1S/C22H21FN2O4S2/c23-18-8-6-16(7-9-18)21-15-25(10-11-29-21)22(26)17-3-1-5-20(13-17)31(27,28)24-14-19-4-2-12-30-19/h1-9,12-13,21,24H,10-11,14-15H2. The van der Waals surface area contributed by atoms with Crippen LogP contribution in [0.15, 0.2) is 70.9 Å². The zero-order valence-corrected chi connectivity index (χ0v) is 18.2. The van der Waals surface area contributed by atoms with E-state index >= 15 is 0 Å². The van der Waals surface area contributed by atoms with Gasteiger partial charge in [0.2, 0.25) is 10.0 Å². The van der Waals surface area contributed by atoms with E-state index in [9.17, 15) is 17.6 Å². The lowest BCUT2D eigenvalue weighted by Crippen LogP contribution is -2.42. The summed E-state index contributed by atoms with van der Waals surface area (Å²) in [5.41, 5.74) is 1.08. The Labute approximate surface area is 184 Å². The molecule has 1 N–H and O–H groups in total. The van der Waals surface area contributed by atoms with E-state index in [0.29, 0.717) is 25.3 Å². The van der Waals surface area contributed by atoms with E-state index in [1.807, 2.05) is 17.5 Å². The molecule has 9 heteroatoms. The molecule has 1 atom stereocenters. The Morgan fingerprint density at radius 1 is 1.16 bits per heavy atom. The first-order valence-electron chi connectivity index (χ1n) is 9.71. The fraction of sp³-hybridized carbons (Fsp3) is 0.227. The smallest absolute Gasteiger partial charge is 0.254 e. The number of morpholine rings is 1. The van der Waals surface area contributed by atoms with Gasteiger partial charge in [-0.3, -0.25) is 4.79 Å². The van der Waals surface area contributed by atoms with E-state index in [4.69, 9.17) is 4.74 Å². The molecule has 1 saturated heterocycles. The van der Waals surface area contributed by atoms with Gasteiger partial charge in [-0.15, -0.1) is 11.3 Å². The van der Waals surface area contributed by atoms with E-state index in [-0.39, 0.29) is 29.3 Å². The third kappa shape index (κ3) is 5.19.